The summed E-state index contributed by atoms with van der Waals surface area (Å²) < 4.78 is 0. The summed E-state index contributed by atoms with van der Waals surface area (Å²) in [4.78, 5) is 12.2. The van der Waals surface area contributed by atoms with Gasteiger partial charge in [0, 0.05) is 12.6 Å². The molecule has 1 fully saturated rings. The van der Waals surface area contributed by atoms with Gasteiger partial charge >= 0.3 is 5.97 Å². The molecule has 4 heteroatoms. The minimum absolute atomic E-state index is 0. The van der Waals surface area contributed by atoms with Gasteiger partial charge in [-0.3, -0.25) is 9.69 Å². The Bertz CT molecular complexity index is 140. The largest absolute Gasteiger partial charge is 0.480 e. The van der Waals surface area contributed by atoms with E-state index in [-0.39, 0.29) is 18.4 Å². The van der Waals surface area contributed by atoms with Crippen molar-refractivity contribution in [2.75, 3.05) is 6.54 Å². The molecule has 3 atom stereocenters. The molecule has 3 nitrogen and oxygen atoms in total. The van der Waals surface area contributed by atoms with Crippen molar-refractivity contribution in [2.24, 2.45) is 0 Å². The second-order valence-electron chi connectivity index (χ2n) is 2.56. The Kier molecular flexibility index (Phi) is 3.12. The summed E-state index contributed by atoms with van der Waals surface area (Å²) in [6.45, 7) is 4.68. The van der Waals surface area contributed by atoms with E-state index in [9.17, 15) is 4.79 Å². The van der Waals surface area contributed by atoms with Crippen molar-refractivity contribution in [3.8, 4) is 0 Å². The Hall–Kier alpha value is -0.280. The van der Waals surface area contributed by atoms with Crippen LogP contribution in [0, 0.1) is 0 Å². The Balaban J connectivity index is 0.000000810. The van der Waals surface area contributed by atoms with Gasteiger partial charge in [-0.05, 0) is 13.8 Å². The second-order valence-corrected chi connectivity index (χ2v) is 2.56. The molecular weight excluding hydrogens is 154 g/mol. The molecule has 0 aliphatic carbocycles. The number of aliphatic carboxylic acids is 1. The van der Waals surface area contributed by atoms with Gasteiger partial charge in [-0.15, -0.1) is 12.4 Å². The van der Waals surface area contributed by atoms with Gasteiger partial charge in [0.1, 0.15) is 6.04 Å². The quantitative estimate of drug-likeness (QED) is 0.609. The van der Waals surface area contributed by atoms with Gasteiger partial charge in [0.05, 0.1) is 0 Å². The number of nitrogens with zero attached hydrogens (tertiary/aromatic N) is 1. The van der Waals surface area contributed by atoms with Crippen LogP contribution in [0.5, 0.6) is 0 Å². The maximum atomic E-state index is 10.3. The van der Waals surface area contributed by atoms with E-state index in [1.165, 1.54) is 0 Å². The van der Waals surface area contributed by atoms with E-state index in [4.69, 9.17) is 5.11 Å². The van der Waals surface area contributed by atoms with Gasteiger partial charge in [-0.1, -0.05) is 0 Å². The highest BCUT2D eigenvalue weighted by atomic mass is 35.5. The van der Waals surface area contributed by atoms with Crippen molar-refractivity contribution < 1.29 is 9.90 Å². The number of hydrogen-bond donors (Lipinski definition) is 1. The van der Waals surface area contributed by atoms with Gasteiger partial charge < -0.3 is 5.11 Å². The summed E-state index contributed by atoms with van der Waals surface area (Å²) in [6, 6.07) is 0.191. The SMILES string of the molecule is CC1CN1[C@@H](C)C(=O)O.Cl. The number of halogens is 1. The molecule has 0 aromatic rings. The third kappa shape index (κ3) is 1.85. The first-order valence-electron chi connectivity index (χ1n) is 3.11. The summed E-state index contributed by atoms with van der Waals surface area (Å²) in [7, 11) is 0. The van der Waals surface area contributed by atoms with Gasteiger partial charge in [-0.2, -0.15) is 0 Å². The molecule has 1 N–H and O–H groups in total. The van der Waals surface area contributed by atoms with Crippen molar-refractivity contribution in [3.05, 3.63) is 0 Å². The van der Waals surface area contributed by atoms with Crippen molar-refractivity contribution in [3.63, 3.8) is 0 Å². The van der Waals surface area contributed by atoms with E-state index in [0.717, 1.165) is 6.54 Å². The van der Waals surface area contributed by atoms with E-state index in [2.05, 4.69) is 0 Å². The van der Waals surface area contributed by atoms with Crippen LogP contribution < -0.4 is 0 Å². The highest BCUT2D eigenvalue weighted by molar-refractivity contribution is 5.85. The average Bonchev–Trinajstić information content (AvgIpc) is 2.44. The Morgan fingerprint density at radius 1 is 1.80 bits per heavy atom. The van der Waals surface area contributed by atoms with Crippen LogP contribution >= 0.6 is 12.4 Å². The minimum atomic E-state index is -0.723. The van der Waals surface area contributed by atoms with Gasteiger partial charge in [0.2, 0.25) is 0 Å². The molecule has 0 amide bonds. The lowest BCUT2D eigenvalue weighted by Gasteiger charge is -2.05. The first kappa shape index (κ1) is 9.72. The summed E-state index contributed by atoms with van der Waals surface area (Å²) >= 11 is 0. The van der Waals surface area contributed by atoms with Crippen molar-refractivity contribution in [1.29, 1.82) is 0 Å². The van der Waals surface area contributed by atoms with Gasteiger partial charge in [0.25, 0.3) is 0 Å². The number of carbonyl (C=O) groups is 1. The molecule has 1 rings (SSSR count). The van der Waals surface area contributed by atoms with Crippen molar-refractivity contribution in [1.82, 2.24) is 4.90 Å². The normalized spacial score (nSPS) is 32.2. The maximum absolute atomic E-state index is 10.3. The standard InChI is InChI=1S/C6H11NO2.ClH/c1-4-3-7(4)5(2)6(8)9;/h4-5H,3H2,1-2H3,(H,8,9);1H/t4?,5-,7?;/m0./s1. The van der Waals surface area contributed by atoms with E-state index in [0.29, 0.717) is 6.04 Å². The van der Waals surface area contributed by atoms with Crippen molar-refractivity contribution >= 4 is 18.4 Å². The maximum Gasteiger partial charge on any atom is 0.320 e. The summed E-state index contributed by atoms with van der Waals surface area (Å²) in [5.41, 5.74) is 0. The summed E-state index contributed by atoms with van der Waals surface area (Å²) in [5.74, 6) is -0.723. The molecule has 2 unspecified atom stereocenters. The van der Waals surface area contributed by atoms with Crippen LogP contribution in [0.15, 0.2) is 0 Å². The molecular formula is C6H12ClNO2. The number of carboxylic acid groups (broad SMARTS) is 1. The Morgan fingerprint density at radius 2 is 2.20 bits per heavy atom. The van der Waals surface area contributed by atoms with Crippen molar-refractivity contribution in [2.45, 2.75) is 25.9 Å². The molecule has 0 spiro atoms. The van der Waals surface area contributed by atoms with Crippen LogP contribution in [-0.2, 0) is 4.79 Å². The Morgan fingerprint density at radius 3 is 2.30 bits per heavy atom. The van der Waals surface area contributed by atoms with E-state index >= 15 is 0 Å². The fourth-order valence-corrected chi connectivity index (χ4v) is 0.940. The number of carboxylic acids is 1. The predicted molar refractivity (Wildman–Crippen MR) is 40.5 cm³/mol. The number of rotatable bonds is 2. The van der Waals surface area contributed by atoms with E-state index in [1.54, 1.807) is 6.92 Å². The third-order valence-corrected chi connectivity index (χ3v) is 1.76. The first-order valence-corrected chi connectivity index (χ1v) is 3.11. The molecule has 1 aliphatic rings. The summed E-state index contributed by atoms with van der Waals surface area (Å²) in [6.07, 6.45) is 0. The highest BCUT2D eigenvalue weighted by Crippen LogP contribution is 2.19. The van der Waals surface area contributed by atoms with E-state index < -0.39 is 5.97 Å². The first-order chi connectivity index (χ1) is 4.13. The topological polar surface area (TPSA) is 40.3 Å². The van der Waals surface area contributed by atoms with Crippen LogP contribution in [-0.4, -0.2) is 34.6 Å². The molecule has 0 bridgehead atoms. The highest BCUT2D eigenvalue weighted by Gasteiger charge is 2.36. The van der Waals surface area contributed by atoms with Crippen LogP contribution in [0.2, 0.25) is 0 Å². The van der Waals surface area contributed by atoms with Gasteiger partial charge in [0.15, 0.2) is 0 Å². The van der Waals surface area contributed by atoms with Crippen LogP contribution in [0.1, 0.15) is 13.8 Å². The minimum Gasteiger partial charge on any atom is -0.480 e. The van der Waals surface area contributed by atoms with Crippen LogP contribution in [0.3, 0.4) is 0 Å². The zero-order chi connectivity index (χ0) is 7.02. The molecule has 0 aromatic heterocycles. The fraction of sp³-hybridized carbons (Fsp3) is 0.833. The molecule has 1 saturated heterocycles. The lowest BCUT2D eigenvalue weighted by molar-refractivity contribution is -0.140. The lowest BCUT2D eigenvalue weighted by atomic mass is 10.3. The molecule has 0 aromatic carbocycles. The predicted octanol–water partition coefficient (Wildman–Crippen LogP) is 0.585. The second kappa shape index (κ2) is 3.21. The van der Waals surface area contributed by atoms with Crippen LogP contribution in [0.25, 0.3) is 0 Å². The number of hydrogen-bond acceptors (Lipinski definition) is 2. The lowest BCUT2D eigenvalue weighted by Crippen LogP contribution is -2.25. The average molecular weight is 166 g/mol. The zero-order valence-corrected chi connectivity index (χ0v) is 6.89. The van der Waals surface area contributed by atoms with Crippen LogP contribution in [0.4, 0.5) is 0 Å². The Labute approximate surface area is 66.4 Å². The summed E-state index contributed by atoms with van der Waals surface area (Å²) in [5, 5.41) is 8.47. The monoisotopic (exact) mass is 165 g/mol. The third-order valence-electron chi connectivity index (χ3n) is 1.76. The molecule has 10 heavy (non-hydrogen) atoms. The smallest absolute Gasteiger partial charge is 0.320 e. The molecule has 0 radical (unpaired) electrons. The zero-order valence-electron chi connectivity index (χ0n) is 6.07. The molecule has 1 heterocycles. The fourth-order valence-electron chi connectivity index (χ4n) is 0.940. The van der Waals surface area contributed by atoms with E-state index in [1.807, 2.05) is 11.8 Å². The van der Waals surface area contributed by atoms with Gasteiger partial charge in [-0.25, -0.2) is 0 Å². The molecule has 60 valence electrons. The molecule has 1 aliphatic heterocycles. The molecule has 0 saturated carbocycles.